The maximum Gasteiger partial charge on any atom is 0.265 e. The summed E-state index contributed by atoms with van der Waals surface area (Å²) < 4.78 is 24.9. The normalized spacial score (nSPS) is 10.8. The fourth-order valence-corrected chi connectivity index (χ4v) is 1.23. The molecule has 1 heterocycles. The van der Waals surface area contributed by atoms with Crippen LogP contribution in [0, 0.1) is 6.92 Å². The minimum Gasteiger partial charge on any atom is -0.325 e. The Morgan fingerprint density at radius 1 is 1.62 bits per heavy atom. The molecule has 0 saturated carbocycles. The lowest BCUT2D eigenvalue weighted by Gasteiger charge is -2.08. The third kappa shape index (κ3) is 1.92. The number of nitrogens with one attached hydrogen (secondary N) is 1. The Balaban J connectivity index is 3.38. The lowest BCUT2D eigenvalue weighted by Crippen LogP contribution is -2.15. The van der Waals surface area contributed by atoms with Gasteiger partial charge in [-0.25, -0.2) is 8.78 Å². The van der Waals surface area contributed by atoms with Crippen LogP contribution in [0.25, 0.3) is 0 Å². The van der Waals surface area contributed by atoms with Crippen LogP contribution in [0.3, 0.4) is 0 Å². The Morgan fingerprint density at radius 2 is 2.23 bits per heavy atom. The number of alkyl halides is 2. The van der Waals surface area contributed by atoms with E-state index in [0.29, 0.717) is 0 Å². The predicted molar refractivity (Wildman–Crippen MR) is 44.6 cm³/mol. The van der Waals surface area contributed by atoms with Crippen LogP contribution in [0.1, 0.15) is 23.2 Å². The fraction of sp³-hybridized carbons (Fsp3) is 0.375. The maximum atomic E-state index is 12.4. The van der Waals surface area contributed by atoms with Crippen molar-refractivity contribution < 1.29 is 8.78 Å². The topological polar surface area (TPSA) is 58.9 Å². The van der Waals surface area contributed by atoms with Gasteiger partial charge in [-0.05, 0) is 12.5 Å². The van der Waals surface area contributed by atoms with Gasteiger partial charge in [0.1, 0.15) is 0 Å². The van der Waals surface area contributed by atoms with Gasteiger partial charge in [-0.1, -0.05) is 0 Å². The fourth-order valence-electron chi connectivity index (χ4n) is 1.23. The highest BCUT2D eigenvalue weighted by Gasteiger charge is 2.15. The predicted octanol–water partition coefficient (Wildman–Crippen LogP) is 1.08. The molecule has 13 heavy (non-hydrogen) atoms. The van der Waals surface area contributed by atoms with Crippen molar-refractivity contribution in [2.75, 3.05) is 0 Å². The first-order chi connectivity index (χ1) is 6.06. The lowest BCUT2D eigenvalue weighted by atomic mass is 10.1. The summed E-state index contributed by atoms with van der Waals surface area (Å²) in [6.45, 7) is 1.38. The zero-order valence-electron chi connectivity index (χ0n) is 7.10. The van der Waals surface area contributed by atoms with Gasteiger partial charge in [0.15, 0.2) is 0 Å². The van der Waals surface area contributed by atoms with E-state index in [9.17, 15) is 13.6 Å². The molecule has 0 aliphatic carbocycles. The summed E-state index contributed by atoms with van der Waals surface area (Å²) >= 11 is 0. The first-order valence-corrected chi connectivity index (χ1v) is 3.77. The summed E-state index contributed by atoms with van der Waals surface area (Å²) in [5.74, 6) is 0. The smallest absolute Gasteiger partial charge is 0.265 e. The second-order valence-electron chi connectivity index (χ2n) is 2.71. The molecule has 1 aromatic rings. The van der Waals surface area contributed by atoms with Crippen molar-refractivity contribution in [3.8, 4) is 0 Å². The first kappa shape index (κ1) is 9.85. The van der Waals surface area contributed by atoms with E-state index < -0.39 is 12.0 Å². The molecule has 0 unspecified atom stereocenters. The Hall–Kier alpha value is -1.23. The number of nitrogens with two attached hydrogens (primary N) is 1. The van der Waals surface area contributed by atoms with Crippen LogP contribution in [0.15, 0.2) is 10.9 Å². The second kappa shape index (κ2) is 3.66. The zero-order chi connectivity index (χ0) is 10.0. The van der Waals surface area contributed by atoms with Gasteiger partial charge in [0, 0.05) is 23.9 Å². The number of hydrogen-bond donors (Lipinski definition) is 2. The minimum atomic E-state index is -2.60. The summed E-state index contributed by atoms with van der Waals surface area (Å²) in [7, 11) is 0. The van der Waals surface area contributed by atoms with Gasteiger partial charge in [0.25, 0.3) is 6.43 Å². The molecule has 5 heteroatoms. The Kier molecular flexibility index (Phi) is 2.77. The highest BCUT2D eigenvalue weighted by Crippen LogP contribution is 2.23. The number of pyridine rings is 1. The first-order valence-electron chi connectivity index (χ1n) is 3.77. The molecular formula is C8H10F2N2O. The molecule has 0 aromatic carbocycles. The van der Waals surface area contributed by atoms with Crippen molar-refractivity contribution in [3.05, 3.63) is 33.2 Å². The number of aryl methyl sites for hydroxylation is 1. The standard InChI is InChI=1S/C8H10F2N2O/c1-4-2-6(13)12-5(3-11)7(4)8(9)10/h2,8H,3,11H2,1H3,(H,12,13). The molecule has 1 aromatic heterocycles. The largest absolute Gasteiger partial charge is 0.325 e. The summed E-state index contributed by atoms with van der Waals surface area (Å²) in [5.41, 5.74) is 5.05. The van der Waals surface area contributed by atoms with E-state index >= 15 is 0 Å². The van der Waals surface area contributed by atoms with Crippen molar-refractivity contribution in [2.45, 2.75) is 19.9 Å². The van der Waals surface area contributed by atoms with Crippen molar-refractivity contribution in [1.82, 2.24) is 4.98 Å². The maximum absolute atomic E-state index is 12.4. The summed E-state index contributed by atoms with van der Waals surface area (Å²) in [5, 5.41) is 0. The molecule has 0 amide bonds. The van der Waals surface area contributed by atoms with Gasteiger partial charge in [-0.3, -0.25) is 4.79 Å². The number of rotatable bonds is 2. The molecule has 0 bridgehead atoms. The molecule has 0 spiro atoms. The summed E-state index contributed by atoms with van der Waals surface area (Å²) in [4.78, 5) is 13.2. The molecule has 3 nitrogen and oxygen atoms in total. The van der Waals surface area contributed by atoms with Gasteiger partial charge in [0.05, 0.1) is 0 Å². The van der Waals surface area contributed by atoms with Crippen molar-refractivity contribution in [1.29, 1.82) is 0 Å². The van der Waals surface area contributed by atoms with Crippen LogP contribution < -0.4 is 11.3 Å². The number of hydrogen-bond acceptors (Lipinski definition) is 2. The number of aromatic amines is 1. The molecule has 0 saturated heterocycles. The highest BCUT2D eigenvalue weighted by atomic mass is 19.3. The van der Waals surface area contributed by atoms with Gasteiger partial charge >= 0.3 is 0 Å². The molecular weight excluding hydrogens is 178 g/mol. The average Bonchev–Trinajstić information content (AvgIpc) is 2.01. The molecule has 0 atom stereocenters. The molecule has 0 aliphatic heterocycles. The number of aromatic nitrogens is 1. The second-order valence-corrected chi connectivity index (χ2v) is 2.71. The van der Waals surface area contributed by atoms with Gasteiger partial charge < -0.3 is 10.7 Å². The Bertz CT molecular complexity index is 360. The van der Waals surface area contributed by atoms with Crippen molar-refractivity contribution >= 4 is 0 Å². The Labute approximate surface area is 73.6 Å². The van der Waals surface area contributed by atoms with E-state index in [1.54, 1.807) is 0 Å². The lowest BCUT2D eigenvalue weighted by molar-refractivity contribution is 0.149. The van der Waals surface area contributed by atoms with E-state index in [2.05, 4.69) is 4.98 Å². The molecule has 72 valence electrons. The van der Waals surface area contributed by atoms with Gasteiger partial charge in [-0.15, -0.1) is 0 Å². The SMILES string of the molecule is Cc1cc(=O)[nH]c(CN)c1C(F)F. The average molecular weight is 188 g/mol. The molecule has 0 radical (unpaired) electrons. The van der Waals surface area contributed by atoms with E-state index in [1.165, 1.54) is 6.92 Å². The quantitative estimate of drug-likeness (QED) is 0.729. The van der Waals surface area contributed by atoms with Crippen molar-refractivity contribution in [3.63, 3.8) is 0 Å². The van der Waals surface area contributed by atoms with E-state index in [1.807, 2.05) is 0 Å². The molecule has 0 aliphatic rings. The molecule has 1 rings (SSSR count). The van der Waals surface area contributed by atoms with Crippen LogP contribution in [0.2, 0.25) is 0 Å². The van der Waals surface area contributed by atoms with Gasteiger partial charge in [-0.2, -0.15) is 0 Å². The van der Waals surface area contributed by atoms with Crippen LogP contribution >= 0.6 is 0 Å². The number of H-pyrrole nitrogens is 1. The monoisotopic (exact) mass is 188 g/mol. The van der Waals surface area contributed by atoms with Crippen LogP contribution in [0.5, 0.6) is 0 Å². The summed E-state index contributed by atoms with van der Waals surface area (Å²) in [6, 6.07) is 1.14. The van der Waals surface area contributed by atoms with E-state index in [-0.39, 0.29) is 23.4 Å². The third-order valence-corrected chi connectivity index (χ3v) is 1.79. The number of halogens is 2. The van der Waals surface area contributed by atoms with Crippen molar-refractivity contribution in [2.24, 2.45) is 5.73 Å². The highest BCUT2D eigenvalue weighted by molar-refractivity contribution is 5.29. The molecule has 3 N–H and O–H groups in total. The van der Waals surface area contributed by atoms with Gasteiger partial charge in [0.2, 0.25) is 5.56 Å². The van der Waals surface area contributed by atoms with Crippen LogP contribution in [-0.2, 0) is 6.54 Å². The third-order valence-electron chi connectivity index (χ3n) is 1.79. The summed E-state index contributed by atoms with van der Waals surface area (Å²) in [6.07, 6.45) is -2.60. The molecule has 0 fully saturated rings. The van der Waals surface area contributed by atoms with E-state index in [0.717, 1.165) is 6.07 Å². The minimum absolute atomic E-state index is 0.0867. The zero-order valence-corrected chi connectivity index (χ0v) is 7.10. The Morgan fingerprint density at radius 3 is 2.69 bits per heavy atom. The van der Waals surface area contributed by atoms with E-state index in [4.69, 9.17) is 5.73 Å². The van der Waals surface area contributed by atoms with Crippen LogP contribution in [0.4, 0.5) is 8.78 Å². The van der Waals surface area contributed by atoms with Crippen LogP contribution in [-0.4, -0.2) is 4.98 Å².